The van der Waals surface area contributed by atoms with Gasteiger partial charge in [0.25, 0.3) is 5.91 Å². The predicted octanol–water partition coefficient (Wildman–Crippen LogP) is 5.79. The van der Waals surface area contributed by atoms with Crippen molar-refractivity contribution in [2.24, 2.45) is 0 Å². The number of rotatable bonds is 5. The lowest BCUT2D eigenvalue weighted by atomic mass is 9.89. The normalized spacial score (nSPS) is 15.3. The van der Waals surface area contributed by atoms with Gasteiger partial charge in [0.1, 0.15) is 0 Å². The zero-order chi connectivity index (χ0) is 24.8. The number of halogens is 1. The molecule has 2 N–H and O–H groups in total. The van der Waals surface area contributed by atoms with Crippen LogP contribution in [0.4, 0.5) is 16.2 Å². The van der Waals surface area contributed by atoms with Crippen LogP contribution in [-0.4, -0.2) is 43.0 Å². The number of para-hydroxylation sites is 1. The van der Waals surface area contributed by atoms with E-state index in [9.17, 15) is 14.4 Å². The minimum atomic E-state index is -0.520. The molecular formula is C27H26ClN3O4. The van der Waals surface area contributed by atoms with Gasteiger partial charge in [-0.1, -0.05) is 35.9 Å². The van der Waals surface area contributed by atoms with Gasteiger partial charge >= 0.3 is 12.0 Å². The largest absolute Gasteiger partial charge is 0.465 e. The first-order valence-corrected chi connectivity index (χ1v) is 11.7. The van der Waals surface area contributed by atoms with Gasteiger partial charge in [0.15, 0.2) is 0 Å². The Morgan fingerprint density at radius 3 is 2.51 bits per heavy atom. The number of nitrogens with zero attached hydrogens (tertiary/aromatic N) is 1. The van der Waals surface area contributed by atoms with Gasteiger partial charge in [-0.15, -0.1) is 0 Å². The van der Waals surface area contributed by atoms with Crippen LogP contribution in [0.25, 0.3) is 0 Å². The SMILES string of the molecule is COC(=O)c1ccccc1NC(=O)c1cccc(C2CCCN(C(=O)Nc3ccc(Cl)cc3)C2)c1. The third-order valence-corrected chi connectivity index (χ3v) is 6.26. The van der Waals surface area contributed by atoms with Crippen LogP contribution in [0, 0.1) is 0 Å². The molecule has 180 valence electrons. The number of methoxy groups -OCH3 is 1. The molecule has 8 heteroatoms. The van der Waals surface area contributed by atoms with Crippen molar-refractivity contribution < 1.29 is 19.1 Å². The fourth-order valence-electron chi connectivity index (χ4n) is 4.18. The summed E-state index contributed by atoms with van der Waals surface area (Å²) in [6.45, 7) is 1.22. The minimum Gasteiger partial charge on any atom is -0.465 e. The molecule has 3 amide bonds. The van der Waals surface area contributed by atoms with E-state index < -0.39 is 5.97 Å². The first-order valence-electron chi connectivity index (χ1n) is 11.3. The van der Waals surface area contributed by atoms with Crippen LogP contribution in [0.5, 0.6) is 0 Å². The number of urea groups is 1. The van der Waals surface area contributed by atoms with Crippen molar-refractivity contribution >= 4 is 40.9 Å². The Morgan fingerprint density at radius 1 is 0.971 bits per heavy atom. The number of carbonyl (C=O) groups is 3. The van der Waals surface area contributed by atoms with E-state index in [4.69, 9.17) is 16.3 Å². The smallest absolute Gasteiger partial charge is 0.339 e. The molecule has 0 aromatic heterocycles. The van der Waals surface area contributed by atoms with E-state index in [-0.39, 0.29) is 23.4 Å². The summed E-state index contributed by atoms with van der Waals surface area (Å²) in [5.74, 6) is -0.736. The summed E-state index contributed by atoms with van der Waals surface area (Å²) in [6, 6.07) is 20.9. The lowest BCUT2D eigenvalue weighted by Gasteiger charge is -2.33. The average Bonchev–Trinajstić information content (AvgIpc) is 2.90. The molecule has 35 heavy (non-hydrogen) atoms. The highest BCUT2D eigenvalue weighted by Crippen LogP contribution is 2.28. The van der Waals surface area contributed by atoms with Gasteiger partial charge in [-0.05, 0) is 66.9 Å². The second-order valence-electron chi connectivity index (χ2n) is 8.34. The fraction of sp³-hybridized carbons (Fsp3) is 0.222. The van der Waals surface area contributed by atoms with E-state index in [1.54, 1.807) is 59.5 Å². The summed E-state index contributed by atoms with van der Waals surface area (Å²) in [7, 11) is 1.30. The van der Waals surface area contributed by atoms with E-state index in [1.165, 1.54) is 7.11 Å². The lowest BCUT2D eigenvalue weighted by Crippen LogP contribution is -2.41. The number of carbonyl (C=O) groups excluding carboxylic acids is 3. The Morgan fingerprint density at radius 2 is 1.74 bits per heavy atom. The number of piperidine rings is 1. The van der Waals surface area contributed by atoms with E-state index in [2.05, 4.69) is 10.6 Å². The van der Waals surface area contributed by atoms with Crippen LogP contribution in [0.15, 0.2) is 72.8 Å². The second-order valence-corrected chi connectivity index (χ2v) is 8.78. The molecular weight excluding hydrogens is 466 g/mol. The molecule has 0 spiro atoms. The van der Waals surface area contributed by atoms with Crippen molar-refractivity contribution in [1.29, 1.82) is 0 Å². The van der Waals surface area contributed by atoms with Crippen molar-refractivity contribution in [2.45, 2.75) is 18.8 Å². The zero-order valence-electron chi connectivity index (χ0n) is 19.3. The van der Waals surface area contributed by atoms with Gasteiger partial charge in [-0.25, -0.2) is 9.59 Å². The third-order valence-electron chi connectivity index (χ3n) is 6.00. The molecule has 0 bridgehead atoms. The van der Waals surface area contributed by atoms with Crippen LogP contribution in [0.2, 0.25) is 5.02 Å². The van der Waals surface area contributed by atoms with E-state index in [0.29, 0.717) is 35.1 Å². The summed E-state index contributed by atoms with van der Waals surface area (Å²) >= 11 is 5.92. The number of hydrogen-bond acceptors (Lipinski definition) is 4. The molecule has 7 nitrogen and oxygen atoms in total. The van der Waals surface area contributed by atoms with Crippen molar-refractivity contribution in [1.82, 2.24) is 4.90 Å². The highest BCUT2D eigenvalue weighted by atomic mass is 35.5. The molecule has 0 saturated carbocycles. The van der Waals surface area contributed by atoms with Gasteiger partial charge in [-0.3, -0.25) is 4.79 Å². The maximum absolute atomic E-state index is 13.0. The van der Waals surface area contributed by atoms with E-state index in [1.807, 2.05) is 18.2 Å². The Hall–Kier alpha value is -3.84. The van der Waals surface area contributed by atoms with Crippen LogP contribution in [0.3, 0.4) is 0 Å². The van der Waals surface area contributed by atoms with Gasteiger partial charge in [0.2, 0.25) is 0 Å². The fourth-order valence-corrected chi connectivity index (χ4v) is 4.30. The van der Waals surface area contributed by atoms with E-state index in [0.717, 1.165) is 18.4 Å². The first kappa shape index (κ1) is 24.3. The monoisotopic (exact) mass is 491 g/mol. The molecule has 3 aromatic carbocycles. The Kier molecular flexibility index (Phi) is 7.67. The topological polar surface area (TPSA) is 87.7 Å². The predicted molar refractivity (Wildman–Crippen MR) is 136 cm³/mol. The summed E-state index contributed by atoms with van der Waals surface area (Å²) in [6.07, 6.45) is 1.78. The number of esters is 1. The first-order chi connectivity index (χ1) is 16.9. The van der Waals surface area contributed by atoms with Crippen molar-refractivity contribution in [3.05, 3.63) is 94.5 Å². The molecule has 3 aromatic rings. The average molecular weight is 492 g/mol. The number of hydrogen-bond donors (Lipinski definition) is 2. The number of likely N-dealkylation sites (tertiary alicyclic amines) is 1. The van der Waals surface area contributed by atoms with Crippen LogP contribution >= 0.6 is 11.6 Å². The molecule has 1 saturated heterocycles. The molecule has 0 aliphatic carbocycles. The number of ether oxygens (including phenoxy) is 1. The van der Waals surface area contributed by atoms with Crippen LogP contribution in [0.1, 0.15) is 45.0 Å². The quantitative estimate of drug-likeness (QED) is 0.442. The van der Waals surface area contributed by atoms with Gasteiger partial charge in [0, 0.05) is 35.3 Å². The molecule has 1 fully saturated rings. The van der Waals surface area contributed by atoms with Gasteiger partial charge in [0.05, 0.1) is 18.4 Å². The van der Waals surface area contributed by atoms with Crippen LogP contribution < -0.4 is 10.6 Å². The Balaban J connectivity index is 1.44. The van der Waals surface area contributed by atoms with Gasteiger partial charge < -0.3 is 20.3 Å². The summed E-state index contributed by atoms with van der Waals surface area (Å²) in [5.41, 5.74) is 2.83. The Labute approximate surface area is 209 Å². The summed E-state index contributed by atoms with van der Waals surface area (Å²) in [5, 5.41) is 6.33. The molecule has 0 radical (unpaired) electrons. The van der Waals surface area contributed by atoms with Gasteiger partial charge in [-0.2, -0.15) is 0 Å². The number of anilines is 2. The van der Waals surface area contributed by atoms with Crippen LogP contribution in [-0.2, 0) is 4.74 Å². The molecule has 1 atom stereocenters. The third kappa shape index (κ3) is 6.00. The molecule has 1 unspecified atom stereocenters. The minimum absolute atomic E-state index is 0.106. The summed E-state index contributed by atoms with van der Waals surface area (Å²) in [4.78, 5) is 39.6. The van der Waals surface area contributed by atoms with Crippen molar-refractivity contribution in [3.63, 3.8) is 0 Å². The highest BCUT2D eigenvalue weighted by molar-refractivity contribution is 6.30. The zero-order valence-corrected chi connectivity index (χ0v) is 20.0. The number of benzene rings is 3. The maximum Gasteiger partial charge on any atom is 0.339 e. The number of amides is 3. The highest BCUT2D eigenvalue weighted by Gasteiger charge is 2.25. The van der Waals surface area contributed by atoms with Crippen molar-refractivity contribution in [3.8, 4) is 0 Å². The molecule has 1 heterocycles. The Bertz CT molecular complexity index is 1230. The molecule has 1 aliphatic rings. The second kappa shape index (κ2) is 11.1. The number of nitrogens with one attached hydrogen (secondary N) is 2. The van der Waals surface area contributed by atoms with Crippen molar-refractivity contribution in [2.75, 3.05) is 30.8 Å². The van der Waals surface area contributed by atoms with E-state index >= 15 is 0 Å². The molecule has 4 rings (SSSR count). The maximum atomic E-state index is 13.0. The lowest BCUT2D eigenvalue weighted by molar-refractivity contribution is 0.0602. The standard InChI is InChI=1S/C27H26ClN3O4/c1-35-26(33)23-9-2-3-10-24(23)30-25(32)19-7-4-6-18(16-19)20-8-5-15-31(17-20)27(34)29-22-13-11-21(28)12-14-22/h2-4,6-7,9-14,16,20H,5,8,15,17H2,1H3,(H,29,34)(H,30,32). The molecule has 1 aliphatic heterocycles. The summed E-state index contributed by atoms with van der Waals surface area (Å²) < 4.78 is 4.80.